The van der Waals surface area contributed by atoms with Crippen molar-refractivity contribution in [2.45, 2.75) is 19.4 Å². The number of benzene rings is 1. The second kappa shape index (κ2) is 4.19. The van der Waals surface area contributed by atoms with E-state index in [1.807, 2.05) is 0 Å². The molecule has 2 unspecified atom stereocenters. The van der Waals surface area contributed by atoms with Gasteiger partial charge in [0.25, 0.3) is 0 Å². The van der Waals surface area contributed by atoms with Crippen LogP contribution in [0.4, 0.5) is 0 Å². The number of nitrogens with one attached hydrogen (secondary N) is 1. The van der Waals surface area contributed by atoms with Crippen LogP contribution in [0.2, 0.25) is 0 Å². The van der Waals surface area contributed by atoms with E-state index in [0.29, 0.717) is 6.04 Å². The quantitative estimate of drug-likeness (QED) is 0.770. The Morgan fingerprint density at radius 1 is 1.19 bits per heavy atom. The second-order valence-corrected chi connectivity index (χ2v) is 5.11. The van der Waals surface area contributed by atoms with Crippen LogP contribution in [0, 0.1) is 5.92 Å². The summed E-state index contributed by atoms with van der Waals surface area (Å²) < 4.78 is 0. The Labute approximate surface area is 97.6 Å². The highest BCUT2D eigenvalue weighted by atomic mass is 15.2. The van der Waals surface area contributed by atoms with Gasteiger partial charge in [0.15, 0.2) is 0 Å². The van der Waals surface area contributed by atoms with Gasteiger partial charge in [-0.15, -0.1) is 0 Å². The van der Waals surface area contributed by atoms with Crippen molar-refractivity contribution >= 4 is 0 Å². The van der Waals surface area contributed by atoms with E-state index < -0.39 is 0 Å². The van der Waals surface area contributed by atoms with Gasteiger partial charge in [-0.1, -0.05) is 31.2 Å². The fraction of sp³-hybridized carbons (Fsp3) is 0.571. The average Bonchev–Trinajstić information content (AvgIpc) is 2.66. The smallest absolute Gasteiger partial charge is 0.0380 e. The zero-order chi connectivity index (χ0) is 11.0. The van der Waals surface area contributed by atoms with Gasteiger partial charge < -0.3 is 5.32 Å². The monoisotopic (exact) mass is 216 g/mol. The molecule has 86 valence electrons. The molecule has 0 radical (unpaired) electrons. The Bertz CT molecular complexity index is 369. The standard InChI is InChI=1S/C14H20N2/c1-11-10-12-4-2-3-5-13(12)14(11)16-8-6-15-7-9-16/h2-5,11,14-15H,6-10H2,1H3. The zero-order valence-corrected chi connectivity index (χ0v) is 9.95. The average molecular weight is 216 g/mol. The zero-order valence-electron chi connectivity index (χ0n) is 9.95. The summed E-state index contributed by atoms with van der Waals surface area (Å²) in [6, 6.07) is 9.65. The third kappa shape index (κ3) is 1.66. The summed E-state index contributed by atoms with van der Waals surface area (Å²) in [6.45, 7) is 7.08. The van der Waals surface area contributed by atoms with Gasteiger partial charge in [-0.25, -0.2) is 0 Å². The summed E-state index contributed by atoms with van der Waals surface area (Å²) in [5.41, 5.74) is 3.15. The Morgan fingerprint density at radius 2 is 1.94 bits per heavy atom. The maximum absolute atomic E-state index is 3.44. The van der Waals surface area contributed by atoms with E-state index in [4.69, 9.17) is 0 Å². The third-order valence-corrected chi connectivity index (χ3v) is 4.00. The van der Waals surface area contributed by atoms with Gasteiger partial charge in [-0.05, 0) is 23.5 Å². The van der Waals surface area contributed by atoms with E-state index in [1.165, 1.54) is 19.5 Å². The predicted octanol–water partition coefficient (Wildman–Crippen LogP) is 1.83. The Morgan fingerprint density at radius 3 is 2.75 bits per heavy atom. The number of fused-ring (bicyclic) bond motifs is 1. The van der Waals surface area contributed by atoms with Gasteiger partial charge in [0, 0.05) is 32.2 Å². The molecule has 1 aliphatic carbocycles. The first kappa shape index (κ1) is 10.3. The van der Waals surface area contributed by atoms with Gasteiger partial charge in [0.1, 0.15) is 0 Å². The van der Waals surface area contributed by atoms with Crippen molar-refractivity contribution in [3.05, 3.63) is 35.4 Å². The Hall–Kier alpha value is -0.860. The van der Waals surface area contributed by atoms with Crippen LogP contribution < -0.4 is 5.32 Å². The molecule has 1 N–H and O–H groups in total. The van der Waals surface area contributed by atoms with Crippen LogP contribution in [-0.4, -0.2) is 31.1 Å². The third-order valence-electron chi connectivity index (χ3n) is 4.00. The highest BCUT2D eigenvalue weighted by Crippen LogP contribution is 2.39. The van der Waals surface area contributed by atoms with Crippen LogP contribution in [0.1, 0.15) is 24.1 Å². The molecular weight excluding hydrogens is 196 g/mol. The molecule has 0 amide bonds. The molecule has 2 heteroatoms. The summed E-state index contributed by atoms with van der Waals surface area (Å²) in [4.78, 5) is 2.66. The normalized spacial score (nSPS) is 30.3. The molecule has 0 saturated carbocycles. The van der Waals surface area contributed by atoms with Crippen molar-refractivity contribution in [2.75, 3.05) is 26.2 Å². The number of piperazine rings is 1. The molecule has 0 bridgehead atoms. The molecule has 1 aliphatic heterocycles. The fourth-order valence-electron chi connectivity index (χ4n) is 3.29. The van der Waals surface area contributed by atoms with Gasteiger partial charge in [0.05, 0.1) is 0 Å². The summed E-state index contributed by atoms with van der Waals surface area (Å²) >= 11 is 0. The molecule has 1 fully saturated rings. The van der Waals surface area contributed by atoms with E-state index in [2.05, 4.69) is 41.4 Å². The van der Waals surface area contributed by atoms with Gasteiger partial charge in [0.2, 0.25) is 0 Å². The van der Waals surface area contributed by atoms with Crippen molar-refractivity contribution in [2.24, 2.45) is 5.92 Å². The molecule has 2 atom stereocenters. The maximum atomic E-state index is 3.44. The first-order valence-corrected chi connectivity index (χ1v) is 6.39. The molecule has 1 aromatic carbocycles. The highest BCUT2D eigenvalue weighted by Gasteiger charge is 2.33. The minimum absolute atomic E-state index is 0.665. The molecule has 2 aliphatic rings. The minimum Gasteiger partial charge on any atom is -0.314 e. The number of hydrogen-bond acceptors (Lipinski definition) is 2. The molecule has 3 rings (SSSR count). The van der Waals surface area contributed by atoms with E-state index >= 15 is 0 Å². The lowest BCUT2D eigenvalue weighted by molar-refractivity contribution is 0.141. The van der Waals surface area contributed by atoms with Crippen LogP contribution in [0.15, 0.2) is 24.3 Å². The number of hydrogen-bond donors (Lipinski definition) is 1. The summed E-state index contributed by atoms with van der Waals surface area (Å²) in [7, 11) is 0. The lowest BCUT2D eigenvalue weighted by Crippen LogP contribution is -2.45. The van der Waals surface area contributed by atoms with Crippen LogP contribution in [0.3, 0.4) is 0 Å². The second-order valence-electron chi connectivity index (χ2n) is 5.11. The largest absolute Gasteiger partial charge is 0.314 e. The summed E-state index contributed by atoms with van der Waals surface area (Å²) in [6.07, 6.45) is 1.25. The van der Waals surface area contributed by atoms with Crippen molar-refractivity contribution < 1.29 is 0 Å². The van der Waals surface area contributed by atoms with Crippen molar-refractivity contribution in [3.8, 4) is 0 Å². The lowest BCUT2D eigenvalue weighted by atomic mass is 10.0. The first-order chi connectivity index (χ1) is 7.86. The minimum atomic E-state index is 0.665. The molecule has 1 heterocycles. The van der Waals surface area contributed by atoms with Crippen LogP contribution in [0.25, 0.3) is 0 Å². The van der Waals surface area contributed by atoms with E-state index in [1.54, 1.807) is 11.1 Å². The Balaban J connectivity index is 1.89. The van der Waals surface area contributed by atoms with Gasteiger partial charge >= 0.3 is 0 Å². The fourth-order valence-corrected chi connectivity index (χ4v) is 3.29. The molecule has 0 aromatic heterocycles. The van der Waals surface area contributed by atoms with Crippen molar-refractivity contribution in [1.29, 1.82) is 0 Å². The number of rotatable bonds is 1. The van der Waals surface area contributed by atoms with Crippen molar-refractivity contribution in [1.82, 2.24) is 10.2 Å². The molecule has 1 saturated heterocycles. The molecule has 16 heavy (non-hydrogen) atoms. The van der Waals surface area contributed by atoms with Crippen LogP contribution in [0.5, 0.6) is 0 Å². The predicted molar refractivity (Wildman–Crippen MR) is 66.5 cm³/mol. The summed E-state index contributed by atoms with van der Waals surface area (Å²) in [5.74, 6) is 0.774. The topological polar surface area (TPSA) is 15.3 Å². The number of nitrogens with zero attached hydrogens (tertiary/aromatic N) is 1. The van der Waals surface area contributed by atoms with E-state index in [9.17, 15) is 0 Å². The molecular formula is C14H20N2. The first-order valence-electron chi connectivity index (χ1n) is 6.39. The van der Waals surface area contributed by atoms with E-state index in [0.717, 1.165) is 19.0 Å². The van der Waals surface area contributed by atoms with Crippen LogP contribution in [-0.2, 0) is 6.42 Å². The lowest BCUT2D eigenvalue weighted by Gasteiger charge is -2.35. The molecule has 2 nitrogen and oxygen atoms in total. The van der Waals surface area contributed by atoms with Gasteiger partial charge in [-0.3, -0.25) is 4.90 Å². The molecule has 1 aromatic rings. The maximum Gasteiger partial charge on any atom is 0.0380 e. The Kier molecular flexibility index (Phi) is 2.70. The van der Waals surface area contributed by atoms with Gasteiger partial charge in [-0.2, -0.15) is 0 Å². The van der Waals surface area contributed by atoms with Crippen molar-refractivity contribution in [3.63, 3.8) is 0 Å². The van der Waals surface area contributed by atoms with Crippen LogP contribution >= 0.6 is 0 Å². The summed E-state index contributed by atoms with van der Waals surface area (Å²) in [5, 5.41) is 3.44. The SMILES string of the molecule is CC1Cc2ccccc2C1N1CCNCC1. The highest BCUT2D eigenvalue weighted by molar-refractivity contribution is 5.35. The molecule has 0 spiro atoms. The van der Waals surface area contributed by atoms with E-state index in [-0.39, 0.29) is 0 Å².